The number of aromatic nitrogens is 2. The third-order valence-electron chi connectivity index (χ3n) is 3.99. The van der Waals surface area contributed by atoms with Gasteiger partial charge in [0.1, 0.15) is 6.33 Å². The number of nitrogens with zero attached hydrogens (tertiary/aromatic N) is 2. The molecule has 124 valence electrons. The summed E-state index contributed by atoms with van der Waals surface area (Å²) in [5.74, 6) is 1.16. The molecule has 0 spiro atoms. The Kier molecular flexibility index (Phi) is 4.83. The van der Waals surface area contributed by atoms with Gasteiger partial charge in [0.25, 0.3) is 0 Å². The van der Waals surface area contributed by atoms with Crippen molar-refractivity contribution in [3.63, 3.8) is 0 Å². The highest BCUT2D eigenvalue weighted by Gasteiger charge is 2.19. The summed E-state index contributed by atoms with van der Waals surface area (Å²) in [7, 11) is 3.20. The third-order valence-corrected chi connectivity index (χ3v) is 4.22. The fourth-order valence-corrected chi connectivity index (χ4v) is 3.01. The highest BCUT2D eigenvalue weighted by atomic mass is 35.5. The number of ether oxygens (including phenoxy) is 2. The van der Waals surface area contributed by atoms with E-state index in [2.05, 4.69) is 9.97 Å². The lowest BCUT2D eigenvalue weighted by Crippen LogP contribution is -2.16. The maximum atomic E-state index is 6.13. The second-order valence-electron chi connectivity index (χ2n) is 5.33. The summed E-state index contributed by atoms with van der Waals surface area (Å²) in [6, 6.07) is 11.4. The average Bonchev–Trinajstić information content (AvgIpc) is 2.61. The highest BCUT2D eigenvalue weighted by molar-refractivity contribution is 6.30. The number of halogens is 1. The molecule has 2 N–H and O–H groups in total. The first-order valence-electron chi connectivity index (χ1n) is 7.50. The zero-order valence-corrected chi connectivity index (χ0v) is 14.2. The average molecular weight is 344 g/mol. The van der Waals surface area contributed by atoms with Crippen LogP contribution in [0.25, 0.3) is 10.9 Å². The van der Waals surface area contributed by atoms with E-state index in [0.717, 1.165) is 22.2 Å². The van der Waals surface area contributed by atoms with Gasteiger partial charge < -0.3 is 15.2 Å². The molecule has 1 unspecified atom stereocenters. The Hall–Kier alpha value is -2.37. The molecule has 0 aliphatic carbocycles. The van der Waals surface area contributed by atoms with E-state index >= 15 is 0 Å². The minimum atomic E-state index is -0.0905. The highest BCUT2D eigenvalue weighted by Crippen LogP contribution is 2.35. The lowest BCUT2D eigenvalue weighted by atomic mass is 9.93. The van der Waals surface area contributed by atoms with Crippen LogP contribution in [0.5, 0.6) is 11.5 Å². The fraction of sp³-hybridized carbons (Fsp3) is 0.222. The van der Waals surface area contributed by atoms with Crippen molar-refractivity contribution in [2.24, 2.45) is 5.73 Å². The summed E-state index contributed by atoms with van der Waals surface area (Å²) >= 11 is 6.13. The van der Waals surface area contributed by atoms with Gasteiger partial charge in [-0.05, 0) is 23.8 Å². The number of rotatable bonds is 5. The normalized spacial score (nSPS) is 12.2. The summed E-state index contributed by atoms with van der Waals surface area (Å²) < 4.78 is 10.7. The van der Waals surface area contributed by atoms with Gasteiger partial charge in [0.15, 0.2) is 11.5 Å². The molecule has 3 aromatic rings. The van der Waals surface area contributed by atoms with E-state index in [9.17, 15) is 0 Å². The van der Waals surface area contributed by atoms with E-state index < -0.39 is 0 Å². The van der Waals surface area contributed by atoms with Crippen LogP contribution in [0, 0.1) is 0 Å². The molecule has 0 saturated heterocycles. The number of hydrogen-bond donors (Lipinski definition) is 1. The number of hydrogen-bond acceptors (Lipinski definition) is 5. The first-order valence-corrected chi connectivity index (χ1v) is 7.88. The minimum Gasteiger partial charge on any atom is -0.493 e. The van der Waals surface area contributed by atoms with Gasteiger partial charge in [-0.2, -0.15) is 0 Å². The molecule has 0 saturated carbocycles. The van der Waals surface area contributed by atoms with Gasteiger partial charge >= 0.3 is 0 Å². The number of methoxy groups -OCH3 is 2. The van der Waals surface area contributed by atoms with Gasteiger partial charge in [-0.25, -0.2) is 9.97 Å². The minimum absolute atomic E-state index is 0.0905. The van der Waals surface area contributed by atoms with Crippen molar-refractivity contribution < 1.29 is 9.47 Å². The lowest BCUT2D eigenvalue weighted by molar-refractivity contribution is 0.355. The van der Waals surface area contributed by atoms with Crippen LogP contribution in [0.4, 0.5) is 0 Å². The van der Waals surface area contributed by atoms with Crippen LogP contribution in [0.15, 0.2) is 42.7 Å². The van der Waals surface area contributed by atoms with E-state index in [1.807, 2.05) is 36.4 Å². The number of nitrogens with two attached hydrogens (primary N) is 1. The SMILES string of the molecule is COc1cc2ncnc(C(CN)c3cccc(Cl)c3)c2cc1OC. The summed E-state index contributed by atoms with van der Waals surface area (Å²) in [6.07, 6.45) is 1.54. The Labute approximate surface area is 145 Å². The zero-order valence-electron chi connectivity index (χ0n) is 13.5. The summed E-state index contributed by atoms with van der Waals surface area (Å²) in [5, 5.41) is 1.55. The smallest absolute Gasteiger partial charge is 0.162 e. The largest absolute Gasteiger partial charge is 0.493 e. The van der Waals surface area contributed by atoms with E-state index in [4.69, 9.17) is 26.8 Å². The molecule has 0 radical (unpaired) electrons. The second-order valence-corrected chi connectivity index (χ2v) is 5.76. The van der Waals surface area contributed by atoms with Crippen LogP contribution in [0.3, 0.4) is 0 Å². The van der Waals surface area contributed by atoms with Crippen molar-refractivity contribution in [1.82, 2.24) is 9.97 Å². The Morgan fingerprint density at radius 2 is 1.83 bits per heavy atom. The Bertz CT molecular complexity index is 870. The van der Waals surface area contributed by atoms with E-state index in [-0.39, 0.29) is 5.92 Å². The van der Waals surface area contributed by atoms with Crippen molar-refractivity contribution >= 4 is 22.5 Å². The molecule has 0 bridgehead atoms. The Balaban J connectivity index is 2.20. The predicted octanol–water partition coefficient (Wildman–Crippen LogP) is 3.39. The first kappa shape index (κ1) is 16.5. The molecule has 1 atom stereocenters. The van der Waals surface area contributed by atoms with Crippen LogP contribution in [0.1, 0.15) is 17.2 Å². The van der Waals surface area contributed by atoms with Crippen LogP contribution in [-0.4, -0.2) is 30.7 Å². The molecule has 0 aliphatic rings. The lowest BCUT2D eigenvalue weighted by Gasteiger charge is -2.18. The molecule has 0 amide bonds. The van der Waals surface area contributed by atoms with Crippen LogP contribution in [-0.2, 0) is 0 Å². The number of fused-ring (bicyclic) bond motifs is 1. The van der Waals surface area contributed by atoms with Crippen LogP contribution in [0.2, 0.25) is 5.02 Å². The zero-order chi connectivity index (χ0) is 17.1. The molecule has 1 aromatic heterocycles. The van der Waals surface area contributed by atoms with Gasteiger partial charge in [0.05, 0.1) is 25.4 Å². The van der Waals surface area contributed by atoms with Gasteiger partial charge in [-0.15, -0.1) is 0 Å². The van der Waals surface area contributed by atoms with E-state index in [0.29, 0.717) is 23.1 Å². The molecular weight excluding hydrogens is 326 g/mol. The maximum absolute atomic E-state index is 6.13. The first-order chi connectivity index (χ1) is 11.7. The summed E-state index contributed by atoms with van der Waals surface area (Å²) in [5.41, 5.74) is 8.67. The van der Waals surface area contributed by atoms with Crippen molar-refractivity contribution in [2.45, 2.75) is 5.92 Å². The molecule has 0 fully saturated rings. The van der Waals surface area contributed by atoms with Crippen LogP contribution < -0.4 is 15.2 Å². The molecular formula is C18H18ClN3O2. The van der Waals surface area contributed by atoms with Crippen molar-refractivity contribution in [3.05, 3.63) is 59.0 Å². The molecule has 1 heterocycles. The predicted molar refractivity (Wildman–Crippen MR) is 95.0 cm³/mol. The van der Waals surface area contributed by atoms with Crippen molar-refractivity contribution in [3.8, 4) is 11.5 Å². The van der Waals surface area contributed by atoms with Gasteiger partial charge in [-0.3, -0.25) is 0 Å². The molecule has 2 aromatic carbocycles. The summed E-state index contributed by atoms with van der Waals surface area (Å²) in [4.78, 5) is 8.82. The Morgan fingerprint density at radius 1 is 1.08 bits per heavy atom. The van der Waals surface area contributed by atoms with Crippen molar-refractivity contribution in [1.29, 1.82) is 0 Å². The second kappa shape index (κ2) is 7.03. The summed E-state index contributed by atoms with van der Waals surface area (Å²) in [6.45, 7) is 0.404. The third kappa shape index (κ3) is 3.00. The van der Waals surface area contributed by atoms with Gasteiger partial charge in [0, 0.05) is 28.9 Å². The topological polar surface area (TPSA) is 70.3 Å². The molecule has 5 nitrogen and oxygen atoms in total. The standard InChI is InChI=1S/C18H18ClN3O2/c1-23-16-7-13-15(8-17(16)24-2)21-10-22-18(13)14(9-20)11-4-3-5-12(19)6-11/h3-8,10,14H,9,20H2,1-2H3. The molecule has 3 rings (SSSR count). The molecule has 6 heteroatoms. The van der Waals surface area contributed by atoms with E-state index in [1.54, 1.807) is 14.2 Å². The monoisotopic (exact) mass is 343 g/mol. The maximum Gasteiger partial charge on any atom is 0.162 e. The molecule has 24 heavy (non-hydrogen) atoms. The van der Waals surface area contributed by atoms with E-state index in [1.165, 1.54) is 6.33 Å². The van der Waals surface area contributed by atoms with Crippen molar-refractivity contribution in [2.75, 3.05) is 20.8 Å². The Morgan fingerprint density at radius 3 is 2.50 bits per heavy atom. The van der Waals surface area contributed by atoms with Gasteiger partial charge in [0.2, 0.25) is 0 Å². The van der Waals surface area contributed by atoms with Crippen LogP contribution >= 0.6 is 11.6 Å². The molecule has 0 aliphatic heterocycles. The fourth-order valence-electron chi connectivity index (χ4n) is 2.81. The quantitative estimate of drug-likeness (QED) is 0.769. The van der Waals surface area contributed by atoms with Gasteiger partial charge in [-0.1, -0.05) is 23.7 Å². The number of benzene rings is 2.